The molecule has 1 fully saturated rings. The van der Waals surface area contributed by atoms with E-state index < -0.39 is 0 Å². The Labute approximate surface area is 84.0 Å². The average molecular weight is 199 g/mol. The van der Waals surface area contributed by atoms with Gasteiger partial charge in [-0.3, -0.25) is 9.59 Å². The molecule has 2 amide bonds. The van der Waals surface area contributed by atoms with Crippen molar-refractivity contribution in [1.29, 1.82) is 0 Å². The van der Waals surface area contributed by atoms with Gasteiger partial charge in [0.05, 0.1) is 0 Å². The van der Waals surface area contributed by atoms with Crippen molar-refractivity contribution in [2.45, 2.75) is 6.92 Å². The zero-order valence-corrected chi connectivity index (χ0v) is 8.75. The van der Waals surface area contributed by atoms with Crippen LogP contribution in [0.4, 0.5) is 0 Å². The third-order valence-electron chi connectivity index (χ3n) is 2.41. The molecule has 0 unspecified atom stereocenters. The summed E-state index contributed by atoms with van der Waals surface area (Å²) in [5.41, 5.74) is 0. The Morgan fingerprint density at radius 3 is 2.36 bits per heavy atom. The molecular formula is C9H17N3O2. The zero-order valence-electron chi connectivity index (χ0n) is 8.75. The molecule has 5 nitrogen and oxygen atoms in total. The van der Waals surface area contributed by atoms with Crippen LogP contribution < -0.4 is 5.32 Å². The summed E-state index contributed by atoms with van der Waals surface area (Å²) < 4.78 is 0. The minimum absolute atomic E-state index is 0.366. The highest BCUT2D eigenvalue weighted by Crippen LogP contribution is 2.03. The summed E-state index contributed by atoms with van der Waals surface area (Å²) >= 11 is 0. The van der Waals surface area contributed by atoms with Gasteiger partial charge in [0.25, 0.3) is 0 Å². The molecule has 0 aromatic carbocycles. The van der Waals surface area contributed by atoms with Crippen LogP contribution in [-0.2, 0) is 9.59 Å². The molecule has 0 saturated carbocycles. The lowest BCUT2D eigenvalue weighted by atomic mass is 10.3. The lowest BCUT2D eigenvalue weighted by Gasteiger charge is -2.32. The first-order valence-corrected chi connectivity index (χ1v) is 4.93. The number of piperazine rings is 1. The van der Waals surface area contributed by atoms with Crippen molar-refractivity contribution >= 4 is 11.8 Å². The molecule has 1 aliphatic heterocycles. The van der Waals surface area contributed by atoms with Crippen molar-refractivity contribution in [1.82, 2.24) is 15.1 Å². The van der Waals surface area contributed by atoms with Gasteiger partial charge in [0.15, 0.2) is 0 Å². The second kappa shape index (κ2) is 4.95. The van der Waals surface area contributed by atoms with Gasteiger partial charge < -0.3 is 15.1 Å². The van der Waals surface area contributed by atoms with Crippen LogP contribution in [0.3, 0.4) is 0 Å². The molecule has 0 aliphatic carbocycles. The Morgan fingerprint density at radius 2 is 1.79 bits per heavy atom. The van der Waals surface area contributed by atoms with E-state index in [1.807, 2.05) is 14.0 Å². The monoisotopic (exact) mass is 199 g/mol. The Balaban J connectivity index is 2.51. The third-order valence-corrected chi connectivity index (χ3v) is 2.41. The van der Waals surface area contributed by atoms with Crippen molar-refractivity contribution in [3.05, 3.63) is 0 Å². The number of likely N-dealkylation sites (N-methyl/N-ethyl adjacent to an activating group) is 2. The Hall–Kier alpha value is -1.10. The fourth-order valence-corrected chi connectivity index (χ4v) is 1.48. The van der Waals surface area contributed by atoms with Gasteiger partial charge in [0.1, 0.15) is 0 Å². The summed E-state index contributed by atoms with van der Waals surface area (Å²) in [6.45, 7) is 5.15. The Kier molecular flexibility index (Phi) is 3.88. The number of amides is 2. The molecule has 80 valence electrons. The van der Waals surface area contributed by atoms with Gasteiger partial charge >= 0.3 is 11.8 Å². The van der Waals surface area contributed by atoms with E-state index in [1.165, 1.54) is 0 Å². The predicted octanol–water partition coefficient (Wildman–Crippen LogP) is -1.10. The van der Waals surface area contributed by atoms with Crippen molar-refractivity contribution in [2.24, 2.45) is 0 Å². The van der Waals surface area contributed by atoms with Gasteiger partial charge in [0, 0.05) is 32.7 Å². The predicted molar refractivity (Wildman–Crippen MR) is 52.8 cm³/mol. The van der Waals surface area contributed by atoms with Gasteiger partial charge in [-0.2, -0.15) is 0 Å². The second-order valence-electron chi connectivity index (χ2n) is 3.28. The van der Waals surface area contributed by atoms with Crippen LogP contribution >= 0.6 is 0 Å². The van der Waals surface area contributed by atoms with E-state index in [1.54, 1.807) is 9.80 Å². The quantitative estimate of drug-likeness (QED) is 0.585. The van der Waals surface area contributed by atoms with E-state index in [2.05, 4.69) is 5.32 Å². The smallest absolute Gasteiger partial charge is 0.312 e. The van der Waals surface area contributed by atoms with Crippen molar-refractivity contribution in [3.8, 4) is 0 Å². The van der Waals surface area contributed by atoms with Crippen LogP contribution in [0.2, 0.25) is 0 Å². The second-order valence-corrected chi connectivity index (χ2v) is 3.28. The van der Waals surface area contributed by atoms with Gasteiger partial charge in [0.2, 0.25) is 0 Å². The number of hydrogen-bond donors (Lipinski definition) is 1. The van der Waals surface area contributed by atoms with Crippen molar-refractivity contribution in [3.63, 3.8) is 0 Å². The fraction of sp³-hybridized carbons (Fsp3) is 0.778. The van der Waals surface area contributed by atoms with Crippen LogP contribution in [0.25, 0.3) is 0 Å². The van der Waals surface area contributed by atoms with Gasteiger partial charge in [-0.15, -0.1) is 0 Å². The van der Waals surface area contributed by atoms with Gasteiger partial charge in [-0.05, 0) is 14.0 Å². The Morgan fingerprint density at radius 1 is 1.21 bits per heavy atom. The van der Waals surface area contributed by atoms with Crippen molar-refractivity contribution in [2.75, 3.05) is 39.8 Å². The molecule has 14 heavy (non-hydrogen) atoms. The molecule has 0 aromatic heterocycles. The molecule has 0 atom stereocenters. The maximum absolute atomic E-state index is 11.5. The number of nitrogens with one attached hydrogen (secondary N) is 1. The highest BCUT2D eigenvalue weighted by Gasteiger charge is 2.30. The number of nitrogens with zero attached hydrogens (tertiary/aromatic N) is 2. The van der Waals surface area contributed by atoms with Crippen LogP contribution in [0.15, 0.2) is 0 Å². The number of carbonyl (C=O) groups is 2. The molecule has 1 saturated heterocycles. The highest BCUT2D eigenvalue weighted by atomic mass is 16.2. The summed E-state index contributed by atoms with van der Waals surface area (Å²) in [5, 5.41) is 2.96. The first-order valence-electron chi connectivity index (χ1n) is 4.93. The largest absolute Gasteiger partial charge is 0.333 e. The first kappa shape index (κ1) is 11.0. The Bertz CT molecular complexity index is 230. The molecule has 0 aromatic rings. The van der Waals surface area contributed by atoms with Crippen LogP contribution in [-0.4, -0.2) is 61.4 Å². The van der Waals surface area contributed by atoms with Crippen molar-refractivity contribution < 1.29 is 9.59 Å². The summed E-state index contributed by atoms with van der Waals surface area (Å²) in [4.78, 5) is 26.1. The molecule has 1 rings (SSSR count). The van der Waals surface area contributed by atoms with Crippen LogP contribution in [0.5, 0.6) is 0 Å². The van der Waals surface area contributed by atoms with E-state index in [4.69, 9.17) is 0 Å². The maximum Gasteiger partial charge on any atom is 0.312 e. The topological polar surface area (TPSA) is 52.6 Å². The molecule has 1 heterocycles. The van der Waals surface area contributed by atoms with E-state index >= 15 is 0 Å². The van der Waals surface area contributed by atoms with E-state index in [0.29, 0.717) is 26.2 Å². The van der Waals surface area contributed by atoms with E-state index in [0.717, 1.165) is 6.54 Å². The fourth-order valence-electron chi connectivity index (χ4n) is 1.48. The molecule has 1 aliphatic rings. The average Bonchev–Trinajstić information content (AvgIpc) is 2.20. The third kappa shape index (κ3) is 2.23. The summed E-state index contributed by atoms with van der Waals surface area (Å²) in [5.74, 6) is -0.733. The summed E-state index contributed by atoms with van der Waals surface area (Å²) in [7, 11) is 1.83. The highest BCUT2D eigenvalue weighted by molar-refractivity contribution is 6.35. The molecule has 1 N–H and O–H groups in total. The number of carbonyl (C=O) groups excluding carboxylic acids is 2. The minimum atomic E-state index is -0.367. The van der Waals surface area contributed by atoms with E-state index in [-0.39, 0.29) is 11.8 Å². The molecular weight excluding hydrogens is 182 g/mol. The standard InChI is InChI=1S/C9H17N3O2/c1-3-11-6-7-12(5-4-10-2)9(14)8(11)13/h10H,3-7H2,1-2H3. The van der Waals surface area contributed by atoms with Gasteiger partial charge in [-0.1, -0.05) is 0 Å². The number of hydrogen-bond acceptors (Lipinski definition) is 3. The molecule has 0 bridgehead atoms. The first-order chi connectivity index (χ1) is 6.70. The van der Waals surface area contributed by atoms with E-state index in [9.17, 15) is 9.59 Å². The zero-order chi connectivity index (χ0) is 10.6. The lowest BCUT2D eigenvalue weighted by molar-refractivity contribution is -0.155. The van der Waals surface area contributed by atoms with Crippen LogP contribution in [0.1, 0.15) is 6.92 Å². The normalized spacial score (nSPS) is 17.9. The summed E-state index contributed by atoms with van der Waals surface area (Å²) in [6, 6.07) is 0. The number of rotatable bonds is 4. The molecule has 5 heteroatoms. The minimum Gasteiger partial charge on any atom is -0.333 e. The molecule has 0 spiro atoms. The van der Waals surface area contributed by atoms with Gasteiger partial charge in [-0.25, -0.2) is 0 Å². The molecule has 0 radical (unpaired) electrons. The maximum atomic E-state index is 11.5. The summed E-state index contributed by atoms with van der Waals surface area (Å²) in [6.07, 6.45) is 0. The lowest BCUT2D eigenvalue weighted by Crippen LogP contribution is -2.55. The SMILES string of the molecule is CCN1CCN(CCNC)C(=O)C1=O. The van der Waals surface area contributed by atoms with Crippen LogP contribution in [0, 0.1) is 0 Å².